The molecule has 1 aliphatic rings. The van der Waals surface area contributed by atoms with E-state index in [4.69, 9.17) is 14.5 Å². The van der Waals surface area contributed by atoms with Gasteiger partial charge in [0.1, 0.15) is 5.69 Å². The molecule has 0 saturated carbocycles. The lowest BCUT2D eigenvalue weighted by atomic mass is 10.1. The second kappa shape index (κ2) is 9.76. The molecule has 1 fully saturated rings. The molecule has 0 aromatic carbocycles. The third-order valence-corrected chi connectivity index (χ3v) is 4.06. The molecule has 0 bridgehead atoms. The monoisotopic (exact) mass is 396 g/mol. The van der Waals surface area contributed by atoms with Gasteiger partial charge in [0.05, 0.1) is 30.8 Å². The summed E-state index contributed by atoms with van der Waals surface area (Å²) in [6.07, 6.45) is 5.08. The fourth-order valence-electron chi connectivity index (χ4n) is 2.81. The molecule has 4 rings (SSSR count). The Morgan fingerprint density at radius 1 is 1.24 bits per heavy atom. The van der Waals surface area contributed by atoms with Gasteiger partial charge in [0.25, 0.3) is 0 Å². The van der Waals surface area contributed by atoms with Gasteiger partial charge in [0.15, 0.2) is 0 Å². The van der Waals surface area contributed by atoms with Crippen LogP contribution in [0, 0.1) is 0 Å². The lowest BCUT2D eigenvalue weighted by Gasteiger charge is -2.14. The molecular formula is C20H24N6O3. The number of carbonyl (C=O) groups is 1. The van der Waals surface area contributed by atoms with Gasteiger partial charge in [-0.05, 0) is 25.1 Å². The van der Waals surface area contributed by atoms with Gasteiger partial charge in [0, 0.05) is 37.1 Å². The molecule has 152 valence electrons. The van der Waals surface area contributed by atoms with Crippen molar-refractivity contribution in [3.05, 3.63) is 54.6 Å². The summed E-state index contributed by atoms with van der Waals surface area (Å²) in [5, 5.41) is 6.58. The minimum absolute atomic E-state index is 0.450. The fourth-order valence-corrected chi connectivity index (χ4v) is 2.81. The van der Waals surface area contributed by atoms with Crippen molar-refractivity contribution in [3.63, 3.8) is 0 Å². The van der Waals surface area contributed by atoms with Crippen LogP contribution in [0.25, 0.3) is 22.5 Å². The quantitative estimate of drug-likeness (QED) is 0.699. The third-order valence-electron chi connectivity index (χ3n) is 4.06. The minimum atomic E-state index is -0.461. The van der Waals surface area contributed by atoms with Gasteiger partial charge in [-0.15, -0.1) is 0 Å². The van der Waals surface area contributed by atoms with Gasteiger partial charge in [-0.1, -0.05) is 12.1 Å². The van der Waals surface area contributed by atoms with Crippen molar-refractivity contribution in [1.82, 2.24) is 25.1 Å². The van der Waals surface area contributed by atoms with E-state index in [1.807, 2.05) is 56.7 Å². The van der Waals surface area contributed by atoms with E-state index >= 15 is 0 Å². The van der Waals surface area contributed by atoms with E-state index in [1.54, 1.807) is 10.9 Å². The molecule has 0 atom stereocenters. The first-order valence-electron chi connectivity index (χ1n) is 9.26. The normalized spacial score (nSPS) is 13.6. The maximum absolute atomic E-state index is 9.71. The van der Waals surface area contributed by atoms with Gasteiger partial charge < -0.3 is 20.5 Å². The molecule has 0 radical (unpaired) electrons. The van der Waals surface area contributed by atoms with Gasteiger partial charge in [-0.2, -0.15) is 5.10 Å². The summed E-state index contributed by atoms with van der Waals surface area (Å²) in [5.41, 5.74) is 8.99. The van der Waals surface area contributed by atoms with Gasteiger partial charge >= 0.3 is 6.03 Å². The van der Waals surface area contributed by atoms with E-state index in [0.29, 0.717) is 19.8 Å². The van der Waals surface area contributed by atoms with Crippen LogP contribution in [0.2, 0.25) is 0 Å². The molecule has 9 heteroatoms. The smallest absolute Gasteiger partial charge is 0.312 e. The molecule has 2 amide bonds. The zero-order valence-electron chi connectivity index (χ0n) is 16.4. The number of amides is 2. The number of aromatic nitrogens is 4. The van der Waals surface area contributed by atoms with E-state index in [2.05, 4.69) is 21.1 Å². The molecule has 3 aromatic rings. The number of carbonyl (C=O) groups excluding carboxylic acids is 1. The maximum atomic E-state index is 9.71. The Bertz CT molecular complexity index is 938. The number of urea groups is 1. The summed E-state index contributed by atoms with van der Waals surface area (Å²) >= 11 is 0. The van der Waals surface area contributed by atoms with Crippen molar-refractivity contribution < 1.29 is 14.3 Å². The Hall–Kier alpha value is -3.30. The molecule has 4 heterocycles. The highest BCUT2D eigenvalue weighted by molar-refractivity contribution is 5.71. The molecule has 0 spiro atoms. The molecule has 0 aliphatic carbocycles. The number of pyridine rings is 2. The first kappa shape index (κ1) is 20.4. The number of nitrogens with zero attached hydrogens (tertiary/aromatic N) is 4. The van der Waals surface area contributed by atoms with E-state index in [9.17, 15) is 4.79 Å². The SMILES string of the molecule is CCNC(N)=O.Cn1cc(-c2ccc(-c3ccccn3)nc2C2OCCO2)cn1. The van der Waals surface area contributed by atoms with E-state index in [0.717, 1.165) is 28.2 Å². The lowest BCUT2D eigenvalue weighted by Crippen LogP contribution is -2.28. The highest BCUT2D eigenvalue weighted by atomic mass is 16.7. The van der Waals surface area contributed by atoms with Crippen molar-refractivity contribution in [2.24, 2.45) is 12.8 Å². The van der Waals surface area contributed by atoms with Crippen LogP contribution in [0.15, 0.2) is 48.9 Å². The summed E-state index contributed by atoms with van der Waals surface area (Å²) in [7, 11) is 1.89. The zero-order chi connectivity index (χ0) is 20.6. The van der Waals surface area contributed by atoms with Crippen LogP contribution in [-0.2, 0) is 16.5 Å². The summed E-state index contributed by atoms with van der Waals surface area (Å²) in [4.78, 5) is 18.8. The third kappa shape index (κ3) is 5.37. The van der Waals surface area contributed by atoms with Crippen LogP contribution >= 0.6 is 0 Å². The van der Waals surface area contributed by atoms with Gasteiger partial charge in [0.2, 0.25) is 6.29 Å². The zero-order valence-corrected chi connectivity index (χ0v) is 16.4. The van der Waals surface area contributed by atoms with Crippen molar-refractivity contribution in [2.75, 3.05) is 19.8 Å². The summed E-state index contributed by atoms with van der Waals surface area (Å²) in [6.45, 7) is 3.57. The first-order valence-corrected chi connectivity index (χ1v) is 9.26. The van der Waals surface area contributed by atoms with Gasteiger partial charge in [-0.25, -0.2) is 9.78 Å². The largest absolute Gasteiger partial charge is 0.352 e. The first-order chi connectivity index (χ1) is 14.1. The highest BCUT2D eigenvalue weighted by Gasteiger charge is 2.25. The standard InChI is InChI=1S/C17H16N4O2.C3H8N2O/c1-21-11-12(10-19-21)13-5-6-15(14-4-2-3-7-18-14)20-16(13)17-22-8-9-23-17;1-2-5-3(4)6/h2-7,10-11,17H,8-9H2,1H3;2H2,1H3,(H3,4,5,6). The van der Waals surface area contributed by atoms with E-state index < -0.39 is 12.3 Å². The number of ether oxygens (including phenoxy) is 2. The van der Waals surface area contributed by atoms with E-state index in [1.165, 1.54) is 0 Å². The average molecular weight is 396 g/mol. The topological polar surface area (TPSA) is 117 Å². The Morgan fingerprint density at radius 3 is 2.59 bits per heavy atom. The molecule has 1 aliphatic heterocycles. The van der Waals surface area contributed by atoms with Gasteiger partial charge in [-0.3, -0.25) is 9.67 Å². The number of hydrogen-bond acceptors (Lipinski definition) is 6. The molecule has 1 saturated heterocycles. The number of hydrogen-bond donors (Lipinski definition) is 2. The molecular weight excluding hydrogens is 372 g/mol. The highest BCUT2D eigenvalue weighted by Crippen LogP contribution is 2.33. The van der Waals surface area contributed by atoms with Crippen molar-refractivity contribution in [2.45, 2.75) is 13.2 Å². The van der Waals surface area contributed by atoms with Crippen LogP contribution in [0.3, 0.4) is 0 Å². The summed E-state index contributed by atoms with van der Waals surface area (Å²) in [6, 6.07) is 9.29. The molecule has 0 unspecified atom stereocenters. The van der Waals surface area contributed by atoms with E-state index in [-0.39, 0.29) is 0 Å². The fraction of sp³-hybridized carbons (Fsp3) is 0.300. The van der Waals surface area contributed by atoms with Crippen LogP contribution < -0.4 is 11.1 Å². The second-order valence-corrected chi connectivity index (χ2v) is 6.22. The Morgan fingerprint density at radius 2 is 2.03 bits per heavy atom. The summed E-state index contributed by atoms with van der Waals surface area (Å²) in [5.74, 6) is 0. The van der Waals surface area contributed by atoms with Crippen molar-refractivity contribution in [1.29, 1.82) is 0 Å². The Balaban J connectivity index is 0.000000353. The number of rotatable bonds is 4. The minimum Gasteiger partial charge on any atom is -0.352 e. The van der Waals surface area contributed by atoms with Crippen molar-refractivity contribution in [3.8, 4) is 22.5 Å². The van der Waals surface area contributed by atoms with Crippen LogP contribution in [0.4, 0.5) is 4.79 Å². The lowest BCUT2D eigenvalue weighted by molar-refractivity contribution is -0.0467. The predicted octanol–water partition coefficient (Wildman–Crippen LogP) is 2.26. The van der Waals surface area contributed by atoms with Crippen LogP contribution in [0.1, 0.15) is 18.9 Å². The maximum Gasteiger partial charge on any atom is 0.312 e. The second-order valence-electron chi connectivity index (χ2n) is 6.22. The summed E-state index contributed by atoms with van der Waals surface area (Å²) < 4.78 is 13.1. The molecule has 3 aromatic heterocycles. The number of nitrogens with one attached hydrogen (secondary N) is 1. The Labute approximate surface area is 168 Å². The molecule has 3 N–H and O–H groups in total. The van der Waals surface area contributed by atoms with Crippen LogP contribution in [0.5, 0.6) is 0 Å². The average Bonchev–Trinajstić information content (AvgIpc) is 3.40. The Kier molecular flexibility index (Phi) is 6.88. The van der Waals surface area contributed by atoms with Crippen LogP contribution in [-0.4, -0.2) is 45.5 Å². The predicted molar refractivity (Wildman–Crippen MR) is 108 cm³/mol. The molecule has 9 nitrogen and oxygen atoms in total. The number of primary amides is 1. The van der Waals surface area contributed by atoms with Crippen molar-refractivity contribution >= 4 is 6.03 Å². The number of aryl methyl sites for hydroxylation is 1. The molecule has 29 heavy (non-hydrogen) atoms. The number of nitrogens with two attached hydrogens (primary N) is 1.